The van der Waals surface area contributed by atoms with Crippen molar-refractivity contribution >= 4 is 5.97 Å². The van der Waals surface area contributed by atoms with Gasteiger partial charge in [0.15, 0.2) is 6.23 Å². The number of rotatable bonds is 8. The Bertz CT molecular complexity index is 934. The Morgan fingerprint density at radius 3 is 1.80 bits per heavy atom. The summed E-state index contributed by atoms with van der Waals surface area (Å²) in [7, 11) is 1.60. The fourth-order valence-electron chi connectivity index (χ4n) is 3.35. The third-order valence-electron chi connectivity index (χ3n) is 5.39. The van der Waals surface area contributed by atoms with Crippen molar-refractivity contribution in [1.29, 1.82) is 0 Å². The molecule has 0 amide bonds. The number of aryl methyl sites for hydroxylation is 2. The van der Waals surface area contributed by atoms with E-state index in [0.29, 0.717) is 24.4 Å². The van der Waals surface area contributed by atoms with Crippen molar-refractivity contribution in [3.05, 3.63) is 101 Å². The monoisotopic (exact) mass is 403 g/mol. The zero-order chi connectivity index (χ0) is 21.5. The van der Waals surface area contributed by atoms with E-state index in [4.69, 9.17) is 9.47 Å². The van der Waals surface area contributed by atoms with Crippen LogP contribution in [0.4, 0.5) is 0 Å². The summed E-state index contributed by atoms with van der Waals surface area (Å²) in [5.74, 6) is 0.366. The lowest BCUT2D eigenvalue weighted by atomic mass is 10.1. The minimum atomic E-state index is -0.390. The highest BCUT2D eigenvalue weighted by Crippen LogP contribution is 2.20. The zero-order valence-electron chi connectivity index (χ0n) is 18.1. The highest BCUT2D eigenvalue weighted by Gasteiger charge is 2.21. The molecule has 0 aromatic heterocycles. The van der Waals surface area contributed by atoms with Crippen LogP contribution in [-0.2, 0) is 17.8 Å². The van der Waals surface area contributed by atoms with Gasteiger partial charge < -0.3 is 9.47 Å². The van der Waals surface area contributed by atoms with Gasteiger partial charge in [-0.25, -0.2) is 4.79 Å². The predicted molar refractivity (Wildman–Crippen MR) is 119 cm³/mol. The zero-order valence-corrected chi connectivity index (χ0v) is 18.1. The van der Waals surface area contributed by atoms with E-state index in [0.717, 1.165) is 0 Å². The molecular formula is C26H29NO3. The molecule has 0 aliphatic rings. The van der Waals surface area contributed by atoms with Gasteiger partial charge in [0.05, 0.1) is 12.7 Å². The molecule has 1 unspecified atom stereocenters. The molecule has 3 rings (SSSR count). The Labute approximate surface area is 179 Å². The van der Waals surface area contributed by atoms with Gasteiger partial charge in [0, 0.05) is 13.1 Å². The molecule has 0 N–H and O–H groups in total. The Morgan fingerprint density at radius 1 is 0.833 bits per heavy atom. The topological polar surface area (TPSA) is 38.8 Å². The van der Waals surface area contributed by atoms with E-state index in [1.165, 1.54) is 22.3 Å². The summed E-state index contributed by atoms with van der Waals surface area (Å²) in [5.41, 5.74) is 5.40. The molecule has 30 heavy (non-hydrogen) atoms. The lowest BCUT2D eigenvalue weighted by Crippen LogP contribution is -2.36. The Kier molecular flexibility index (Phi) is 7.26. The number of hydrogen-bond acceptors (Lipinski definition) is 4. The Morgan fingerprint density at radius 2 is 1.33 bits per heavy atom. The lowest BCUT2D eigenvalue weighted by Gasteiger charge is -2.30. The van der Waals surface area contributed by atoms with Crippen LogP contribution in [0, 0.1) is 13.8 Å². The van der Waals surface area contributed by atoms with Crippen molar-refractivity contribution < 1.29 is 14.3 Å². The molecule has 156 valence electrons. The van der Waals surface area contributed by atoms with Gasteiger partial charge in [0.25, 0.3) is 0 Å². The maximum absolute atomic E-state index is 12.7. The number of carbonyl (C=O) groups is 1. The fraction of sp³-hybridized carbons (Fsp3) is 0.269. The van der Waals surface area contributed by atoms with E-state index in [1.54, 1.807) is 31.4 Å². The van der Waals surface area contributed by atoms with Crippen LogP contribution in [0.15, 0.2) is 72.8 Å². The number of nitrogens with zero attached hydrogens (tertiary/aromatic N) is 1. The van der Waals surface area contributed by atoms with E-state index in [-0.39, 0.29) is 12.2 Å². The van der Waals surface area contributed by atoms with E-state index in [2.05, 4.69) is 43.0 Å². The molecule has 0 saturated heterocycles. The summed E-state index contributed by atoms with van der Waals surface area (Å²) in [4.78, 5) is 14.9. The third kappa shape index (κ3) is 5.49. The van der Waals surface area contributed by atoms with E-state index >= 15 is 0 Å². The molecule has 0 fully saturated rings. The van der Waals surface area contributed by atoms with Crippen molar-refractivity contribution in [2.45, 2.75) is 40.1 Å². The summed E-state index contributed by atoms with van der Waals surface area (Å²) in [6, 6.07) is 23.6. The van der Waals surface area contributed by atoms with Gasteiger partial charge in [-0.05, 0) is 67.3 Å². The highest BCUT2D eigenvalue weighted by atomic mass is 16.6. The third-order valence-corrected chi connectivity index (χ3v) is 5.39. The molecule has 4 nitrogen and oxygen atoms in total. The fourth-order valence-corrected chi connectivity index (χ4v) is 3.35. The van der Waals surface area contributed by atoms with E-state index in [9.17, 15) is 4.79 Å². The Balaban J connectivity index is 1.79. The average Bonchev–Trinajstić information content (AvgIpc) is 2.76. The number of esters is 1. The van der Waals surface area contributed by atoms with Crippen LogP contribution in [-0.4, -0.2) is 24.2 Å². The van der Waals surface area contributed by atoms with Crippen LogP contribution in [0.5, 0.6) is 5.75 Å². The van der Waals surface area contributed by atoms with Gasteiger partial charge >= 0.3 is 5.97 Å². The molecule has 0 saturated carbocycles. The highest BCUT2D eigenvalue weighted by molar-refractivity contribution is 5.89. The standard InChI is InChI=1S/C26H29NO3/c1-19-9-5-7-11-23(19)17-27(18-24-12-8-6-10-20(24)2)21(3)30-26(28)22-13-15-25(29-4)16-14-22/h5-16,21H,17-18H2,1-4H3. The summed E-state index contributed by atoms with van der Waals surface area (Å²) in [6.45, 7) is 7.53. The summed E-state index contributed by atoms with van der Waals surface area (Å²) in [6.07, 6.45) is -0.390. The van der Waals surface area contributed by atoms with Gasteiger partial charge in [-0.15, -0.1) is 0 Å². The second-order valence-corrected chi connectivity index (χ2v) is 7.49. The quantitative estimate of drug-likeness (QED) is 0.367. The average molecular weight is 404 g/mol. The molecule has 1 atom stereocenters. The first-order valence-electron chi connectivity index (χ1n) is 10.2. The van der Waals surface area contributed by atoms with Crippen molar-refractivity contribution in [1.82, 2.24) is 4.90 Å². The lowest BCUT2D eigenvalue weighted by molar-refractivity contribution is -0.0309. The first-order valence-corrected chi connectivity index (χ1v) is 10.2. The summed E-state index contributed by atoms with van der Waals surface area (Å²) < 4.78 is 11.0. The van der Waals surface area contributed by atoms with Gasteiger partial charge in [-0.1, -0.05) is 48.5 Å². The molecule has 3 aromatic carbocycles. The number of methoxy groups -OCH3 is 1. The van der Waals surface area contributed by atoms with Crippen LogP contribution in [0.2, 0.25) is 0 Å². The number of hydrogen-bond donors (Lipinski definition) is 0. The van der Waals surface area contributed by atoms with E-state index < -0.39 is 0 Å². The van der Waals surface area contributed by atoms with Crippen molar-refractivity contribution in [2.24, 2.45) is 0 Å². The van der Waals surface area contributed by atoms with Crippen LogP contribution < -0.4 is 4.74 Å². The number of carbonyl (C=O) groups excluding carboxylic acids is 1. The minimum absolute atomic E-state index is 0.343. The van der Waals surface area contributed by atoms with Crippen LogP contribution in [0.1, 0.15) is 39.5 Å². The molecule has 0 heterocycles. The first-order chi connectivity index (χ1) is 14.5. The molecule has 0 aliphatic heterocycles. The second-order valence-electron chi connectivity index (χ2n) is 7.49. The number of benzene rings is 3. The van der Waals surface area contributed by atoms with Crippen molar-refractivity contribution in [2.75, 3.05) is 7.11 Å². The largest absolute Gasteiger partial charge is 0.497 e. The Hall–Kier alpha value is -3.11. The van der Waals surface area contributed by atoms with E-state index in [1.807, 2.05) is 31.2 Å². The summed E-state index contributed by atoms with van der Waals surface area (Å²) in [5, 5.41) is 0. The minimum Gasteiger partial charge on any atom is -0.497 e. The molecule has 0 radical (unpaired) electrons. The predicted octanol–water partition coefficient (Wildman–Crippen LogP) is 5.52. The molecular weight excluding hydrogens is 374 g/mol. The van der Waals surface area contributed by atoms with Crippen molar-refractivity contribution in [3.8, 4) is 5.75 Å². The molecule has 4 heteroatoms. The second kappa shape index (κ2) is 10.1. The SMILES string of the molecule is COc1ccc(C(=O)OC(C)N(Cc2ccccc2C)Cc2ccccc2C)cc1. The molecule has 0 aliphatic carbocycles. The van der Waals surface area contributed by atoms with Gasteiger partial charge in [-0.2, -0.15) is 0 Å². The van der Waals surface area contributed by atoms with Crippen LogP contribution in [0.25, 0.3) is 0 Å². The van der Waals surface area contributed by atoms with Gasteiger partial charge in [-0.3, -0.25) is 4.90 Å². The molecule has 0 spiro atoms. The van der Waals surface area contributed by atoms with Crippen molar-refractivity contribution in [3.63, 3.8) is 0 Å². The first kappa shape index (κ1) is 21.6. The normalized spacial score (nSPS) is 11.9. The smallest absolute Gasteiger partial charge is 0.339 e. The van der Waals surface area contributed by atoms with Crippen LogP contribution in [0.3, 0.4) is 0 Å². The van der Waals surface area contributed by atoms with Gasteiger partial charge in [0.1, 0.15) is 5.75 Å². The molecule has 3 aromatic rings. The van der Waals surface area contributed by atoms with Gasteiger partial charge in [0.2, 0.25) is 0 Å². The van der Waals surface area contributed by atoms with Crippen LogP contribution >= 0.6 is 0 Å². The maximum Gasteiger partial charge on any atom is 0.339 e. The number of ether oxygens (including phenoxy) is 2. The maximum atomic E-state index is 12.7. The summed E-state index contributed by atoms with van der Waals surface area (Å²) >= 11 is 0. The molecule has 0 bridgehead atoms.